The lowest BCUT2D eigenvalue weighted by atomic mass is 9.98. The van der Waals surface area contributed by atoms with Crippen molar-refractivity contribution in [3.8, 4) is 0 Å². The maximum atomic E-state index is 13.5. The van der Waals surface area contributed by atoms with E-state index in [9.17, 15) is 4.79 Å². The quantitative estimate of drug-likeness (QED) is 0.201. The van der Waals surface area contributed by atoms with Crippen LogP contribution in [0, 0.1) is 0 Å². The van der Waals surface area contributed by atoms with Crippen LogP contribution in [-0.4, -0.2) is 16.8 Å². The number of carbonyl (C=O) groups excluding carboxylic acids is 1. The third kappa shape index (κ3) is 4.09. The fourth-order valence-corrected chi connectivity index (χ4v) is 4.45. The first-order chi connectivity index (χ1) is 16.5. The van der Waals surface area contributed by atoms with Gasteiger partial charge in [-0.1, -0.05) is 54.6 Å². The molecular formula is C29H27N4O+. The van der Waals surface area contributed by atoms with Crippen LogP contribution in [0.2, 0.25) is 0 Å². The highest BCUT2D eigenvalue weighted by molar-refractivity contribution is 6.00. The number of nitrogens with one attached hydrogen (secondary N) is 1. The monoisotopic (exact) mass is 447 g/mol. The van der Waals surface area contributed by atoms with Gasteiger partial charge in [-0.05, 0) is 47.4 Å². The minimum Gasteiger partial charge on any atom is -0.399 e. The average molecular weight is 448 g/mol. The summed E-state index contributed by atoms with van der Waals surface area (Å²) in [5.41, 5.74) is 18.7. The number of fused-ring (bicyclic) bond motifs is 2. The van der Waals surface area contributed by atoms with E-state index in [0.717, 1.165) is 44.2 Å². The van der Waals surface area contributed by atoms with Crippen LogP contribution in [0.15, 0.2) is 85.1 Å². The van der Waals surface area contributed by atoms with E-state index in [1.165, 1.54) is 0 Å². The average Bonchev–Trinajstić information content (AvgIpc) is 3.27. The molecule has 3 aromatic carbocycles. The van der Waals surface area contributed by atoms with Crippen LogP contribution in [0.3, 0.4) is 0 Å². The third-order valence-corrected chi connectivity index (χ3v) is 6.33. The number of benzene rings is 3. The molecule has 5 heteroatoms. The van der Waals surface area contributed by atoms with Crippen LogP contribution in [0.25, 0.3) is 34.0 Å². The maximum absolute atomic E-state index is 13.5. The largest absolute Gasteiger partial charge is 0.399 e. The smallest absolute Gasteiger partial charge is 0.251 e. The lowest BCUT2D eigenvalue weighted by Gasteiger charge is -2.11. The van der Waals surface area contributed by atoms with Crippen molar-refractivity contribution >= 4 is 45.4 Å². The van der Waals surface area contributed by atoms with Gasteiger partial charge >= 0.3 is 0 Å². The third-order valence-electron chi connectivity index (χ3n) is 6.33. The first-order valence-electron chi connectivity index (χ1n) is 11.3. The summed E-state index contributed by atoms with van der Waals surface area (Å²) in [5.74, 6) is -0.0827. The highest BCUT2D eigenvalue weighted by Crippen LogP contribution is 2.22. The van der Waals surface area contributed by atoms with Gasteiger partial charge in [0.2, 0.25) is 11.3 Å². The standard InChI is InChI=1S/C29H26N4O/c1-33-27-9-5-3-7-24(27)20(13-10-19-11-14-22(30)15-12-19)17-28(33)29(34)25(31)16-21-18-32-26-8-4-2-6-23(21)26/h2-15,17-18,25,30,32H,16,31H2,1H3/p+1/t25-/m0/s1. The van der Waals surface area contributed by atoms with Crippen molar-refractivity contribution in [3.05, 3.63) is 107 Å². The van der Waals surface area contributed by atoms with Crippen molar-refractivity contribution in [1.29, 1.82) is 0 Å². The molecule has 5 aromatic rings. The second-order valence-electron chi connectivity index (χ2n) is 8.60. The number of carbonyl (C=O) groups is 1. The van der Waals surface area contributed by atoms with Crippen LogP contribution in [0.1, 0.15) is 27.2 Å². The number of pyridine rings is 1. The number of nitrogens with zero attached hydrogens (tertiary/aromatic N) is 1. The highest BCUT2D eigenvalue weighted by Gasteiger charge is 2.27. The van der Waals surface area contributed by atoms with Crippen molar-refractivity contribution in [2.75, 3.05) is 5.73 Å². The number of aryl methyl sites for hydroxylation is 1. The van der Waals surface area contributed by atoms with E-state index in [-0.39, 0.29) is 5.78 Å². The van der Waals surface area contributed by atoms with Crippen LogP contribution in [0.4, 0.5) is 5.69 Å². The zero-order chi connectivity index (χ0) is 23.7. The topological polar surface area (TPSA) is 88.8 Å². The van der Waals surface area contributed by atoms with Crippen molar-refractivity contribution in [2.45, 2.75) is 12.5 Å². The summed E-state index contributed by atoms with van der Waals surface area (Å²) >= 11 is 0. The lowest BCUT2D eigenvalue weighted by molar-refractivity contribution is -0.647. The first kappa shape index (κ1) is 21.6. The summed E-state index contributed by atoms with van der Waals surface area (Å²) in [6.07, 6.45) is 6.47. The number of anilines is 1. The Labute approximate surface area is 198 Å². The summed E-state index contributed by atoms with van der Waals surface area (Å²) in [6, 6.07) is 25.1. The summed E-state index contributed by atoms with van der Waals surface area (Å²) in [4.78, 5) is 16.8. The van der Waals surface area contributed by atoms with Crippen molar-refractivity contribution < 1.29 is 9.36 Å². The molecule has 2 heterocycles. The van der Waals surface area contributed by atoms with Gasteiger partial charge in [-0.15, -0.1) is 0 Å². The number of Topliss-reactive ketones (excluding diaryl/α,β-unsaturated/α-hetero) is 1. The molecule has 0 aliphatic rings. The van der Waals surface area contributed by atoms with Gasteiger partial charge in [0, 0.05) is 34.9 Å². The van der Waals surface area contributed by atoms with E-state index in [1.807, 2.05) is 96.7 Å². The number of aromatic amines is 1. The molecule has 0 spiro atoms. The second-order valence-corrected chi connectivity index (χ2v) is 8.60. The van der Waals surface area contributed by atoms with Gasteiger partial charge in [-0.2, -0.15) is 4.57 Å². The fraction of sp³-hybridized carbons (Fsp3) is 0.103. The zero-order valence-electron chi connectivity index (χ0n) is 19.0. The van der Waals surface area contributed by atoms with E-state index in [0.29, 0.717) is 12.1 Å². The molecule has 0 aliphatic heterocycles. The number of nitrogen functional groups attached to an aromatic ring is 1. The molecule has 0 amide bonds. The Hall–Kier alpha value is -4.22. The van der Waals surface area contributed by atoms with Gasteiger partial charge in [0.1, 0.15) is 7.05 Å². The van der Waals surface area contributed by atoms with Gasteiger partial charge in [0.15, 0.2) is 0 Å². The van der Waals surface area contributed by atoms with Gasteiger partial charge in [-0.25, -0.2) is 0 Å². The minimum absolute atomic E-state index is 0.0827. The van der Waals surface area contributed by atoms with Crippen molar-refractivity contribution in [2.24, 2.45) is 12.8 Å². The zero-order valence-corrected chi connectivity index (χ0v) is 19.0. The van der Waals surface area contributed by atoms with Crippen LogP contribution in [-0.2, 0) is 13.5 Å². The van der Waals surface area contributed by atoms with E-state index in [1.54, 1.807) is 0 Å². The Morgan fingerprint density at radius 2 is 1.68 bits per heavy atom. The molecule has 168 valence electrons. The Balaban J connectivity index is 1.51. The molecular weight excluding hydrogens is 420 g/mol. The van der Waals surface area contributed by atoms with Gasteiger partial charge in [0.05, 0.1) is 11.4 Å². The molecule has 0 bridgehead atoms. The van der Waals surface area contributed by atoms with Gasteiger partial charge in [0.25, 0.3) is 5.69 Å². The predicted octanol–water partition coefficient (Wildman–Crippen LogP) is 4.65. The number of rotatable bonds is 6. The summed E-state index contributed by atoms with van der Waals surface area (Å²) < 4.78 is 1.94. The Morgan fingerprint density at radius 3 is 2.47 bits per heavy atom. The van der Waals surface area contributed by atoms with Gasteiger partial charge in [-0.3, -0.25) is 4.79 Å². The highest BCUT2D eigenvalue weighted by atomic mass is 16.1. The SMILES string of the molecule is C[n+]1c(C(=O)[C@@H](N)Cc2c[nH]c3ccccc23)cc(C=Cc2ccc(N)cc2)c2ccccc21. The molecule has 1 atom stereocenters. The summed E-state index contributed by atoms with van der Waals surface area (Å²) in [7, 11) is 1.92. The molecule has 5 rings (SSSR count). The van der Waals surface area contributed by atoms with E-state index < -0.39 is 6.04 Å². The number of hydrogen-bond donors (Lipinski definition) is 3. The number of ketones is 1. The molecule has 0 saturated heterocycles. The Bertz CT molecular complexity index is 1530. The number of aromatic nitrogens is 2. The Kier molecular flexibility index (Phi) is 5.70. The normalized spacial score (nSPS) is 12.5. The molecule has 5 nitrogen and oxygen atoms in total. The lowest BCUT2D eigenvalue weighted by Crippen LogP contribution is -2.43. The predicted molar refractivity (Wildman–Crippen MR) is 139 cm³/mol. The minimum atomic E-state index is -0.652. The van der Waals surface area contributed by atoms with Crippen LogP contribution >= 0.6 is 0 Å². The number of nitrogens with two attached hydrogens (primary N) is 2. The molecule has 34 heavy (non-hydrogen) atoms. The first-order valence-corrected chi connectivity index (χ1v) is 11.3. The Morgan fingerprint density at radius 1 is 0.971 bits per heavy atom. The maximum Gasteiger partial charge on any atom is 0.251 e. The number of H-pyrrole nitrogens is 1. The summed E-state index contributed by atoms with van der Waals surface area (Å²) in [5, 5.41) is 2.17. The van der Waals surface area contributed by atoms with E-state index in [4.69, 9.17) is 11.5 Å². The molecule has 0 unspecified atom stereocenters. The van der Waals surface area contributed by atoms with Crippen molar-refractivity contribution in [3.63, 3.8) is 0 Å². The number of para-hydroxylation sites is 2. The van der Waals surface area contributed by atoms with E-state index >= 15 is 0 Å². The van der Waals surface area contributed by atoms with Crippen LogP contribution in [0.5, 0.6) is 0 Å². The molecule has 2 aromatic heterocycles. The molecule has 5 N–H and O–H groups in total. The molecule has 0 aliphatic carbocycles. The van der Waals surface area contributed by atoms with Gasteiger partial charge < -0.3 is 16.5 Å². The molecule has 0 fully saturated rings. The molecule has 0 saturated carbocycles. The van der Waals surface area contributed by atoms with Crippen molar-refractivity contribution in [1.82, 2.24) is 4.98 Å². The fourth-order valence-electron chi connectivity index (χ4n) is 4.45. The summed E-state index contributed by atoms with van der Waals surface area (Å²) in [6.45, 7) is 0. The molecule has 0 radical (unpaired) electrons. The second kappa shape index (κ2) is 8.96. The van der Waals surface area contributed by atoms with Crippen LogP contribution < -0.4 is 16.0 Å². The van der Waals surface area contributed by atoms with E-state index in [2.05, 4.69) is 17.1 Å². The number of hydrogen-bond acceptors (Lipinski definition) is 3.